The lowest BCUT2D eigenvalue weighted by atomic mass is 10.1. The van der Waals surface area contributed by atoms with Gasteiger partial charge in [0, 0.05) is 6.20 Å². The van der Waals surface area contributed by atoms with Gasteiger partial charge in [-0.05, 0) is 12.5 Å². The fourth-order valence-electron chi connectivity index (χ4n) is 1.13. The number of hydrogen-bond acceptors (Lipinski definition) is 3. The van der Waals surface area contributed by atoms with Gasteiger partial charge in [-0.25, -0.2) is 18.6 Å². The average Bonchev–Trinajstić information content (AvgIpc) is 2.02. The van der Waals surface area contributed by atoms with Crippen LogP contribution in [-0.2, 0) is 0 Å². The third-order valence-electron chi connectivity index (χ3n) is 1.87. The number of nitrogen functional groups attached to an aromatic ring is 1. The number of anilines is 1. The summed E-state index contributed by atoms with van der Waals surface area (Å²) in [6, 6.07) is 0. The molecular weight excluding hydrogens is 194 g/mol. The lowest BCUT2D eigenvalue weighted by Gasteiger charge is -2.09. The molecule has 76 valence electrons. The van der Waals surface area contributed by atoms with Crippen LogP contribution in [0.4, 0.5) is 14.6 Å². The van der Waals surface area contributed by atoms with Crippen LogP contribution in [0, 0.1) is 6.92 Å². The van der Waals surface area contributed by atoms with Crippen LogP contribution >= 0.6 is 0 Å². The Balaban J connectivity index is 3.41. The van der Waals surface area contributed by atoms with E-state index in [2.05, 4.69) is 4.98 Å². The van der Waals surface area contributed by atoms with Gasteiger partial charge in [-0.2, -0.15) is 0 Å². The molecular formula is C8H8F2N2O2. The van der Waals surface area contributed by atoms with Gasteiger partial charge in [-0.1, -0.05) is 0 Å². The normalized spacial score (nSPS) is 10.6. The third-order valence-corrected chi connectivity index (χ3v) is 1.87. The number of pyridine rings is 1. The van der Waals surface area contributed by atoms with Crippen LogP contribution < -0.4 is 5.73 Å². The molecule has 0 spiro atoms. The van der Waals surface area contributed by atoms with Gasteiger partial charge in [0.2, 0.25) is 0 Å². The average molecular weight is 202 g/mol. The zero-order valence-electron chi connectivity index (χ0n) is 7.29. The number of alkyl halides is 2. The molecule has 1 aromatic heterocycles. The number of rotatable bonds is 2. The van der Waals surface area contributed by atoms with Gasteiger partial charge < -0.3 is 10.8 Å². The topological polar surface area (TPSA) is 76.2 Å². The number of aromatic carboxylic acids is 1. The summed E-state index contributed by atoms with van der Waals surface area (Å²) in [6.45, 7) is 1.28. The number of nitrogens with zero attached hydrogens (tertiary/aromatic N) is 1. The molecule has 1 heterocycles. The van der Waals surface area contributed by atoms with E-state index in [4.69, 9.17) is 10.8 Å². The molecule has 0 fully saturated rings. The van der Waals surface area contributed by atoms with E-state index in [1.807, 2.05) is 0 Å². The molecule has 0 aliphatic carbocycles. The van der Waals surface area contributed by atoms with Gasteiger partial charge in [0.25, 0.3) is 6.43 Å². The Morgan fingerprint density at radius 3 is 2.64 bits per heavy atom. The van der Waals surface area contributed by atoms with E-state index in [0.717, 1.165) is 6.20 Å². The van der Waals surface area contributed by atoms with E-state index in [0.29, 0.717) is 0 Å². The number of carbonyl (C=O) groups is 1. The van der Waals surface area contributed by atoms with Gasteiger partial charge in [0.15, 0.2) is 0 Å². The van der Waals surface area contributed by atoms with Crippen molar-refractivity contribution in [2.24, 2.45) is 0 Å². The highest BCUT2D eigenvalue weighted by molar-refractivity contribution is 5.89. The summed E-state index contributed by atoms with van der Waals surface area (Å²) in [5.41, 5.74) is 4.40. The summed E-state index contributed by atoms with van der Waals surface area (Å²) in [4.78, 5) is 14.0. The molecule has 1 aromatic rings. The van der Waals surface area contributed by atoms with Crippen LogP contribution in [-0.4, -0.2) is 16.1 Å². The van der Waals surface area contributed by atoms with Gasteiger partial charge >= 0.3 is 5.97 Å². The van der Waals surface area contributed by atoms with Crippen molar-refractivity contribution in [2.75, 3.05) is 5.73 Å². The van der Waals surface area contributed by atoms with Crippen molar-refractivity contribution in [3.63, 3.8) is 0 Å². The molecule has 0 radical (unpaired) electrons. The minimum atomic E-state index is -2.82. The molecule has 0 aromatic carbocycles. The Morgan fingerprint density at radius 2 is 2.21 bits per heavy atom. The molecule has 0 saturated heterocycles. The molecule has 0 aliphatic heterocycles. The second-order valence-corrected chi connectivity index (χ2v) is 2.70. The largest absolute Gasteiger partial charge is 0.478 e. The van der Waals surface area contributed by atoms with E-state index in [1.54, 1.807) is 0 Å². The summed E-state index contributed by atoms with van der Waals surface area (Å²) in [5, 5.41) is 8.64. The minimum Gasteiger partial charge on any atom is -0.478 e. The number of hydrogen-bond donors (Lipinski definition) is 2. The molecule has 3 N–H and O–H groups in total. The minimum absolute atomic E-state index is 0.0417. The molecule has 1 rings (SSSR count). The number of nitrogens with two attached hydrogens (primary N) is 1. The van der Waals surface area contributed by atoms with Gasteiger partial charge in [-0.15, -0.1) is 0 Å². The standard InChI is InChI=1S/C8H8F2N2O2/c1-3-4(8(13)14)2-12-7(11)5(3)6(9)10/h2,6H,1H3,(H2,11,12)(H,13,14). The van der Waals surface area contributed by atoms with Gasteiger partial charge in [0.1, 0.15) is 5.82 Å². The molecule has 0 saturated carbocycles. The van der Waals surface area contributed by atoms with Crippen molar-refractivity contribution in [3.8, 4) is 0 Å². The number of carboxylic acid groups (broad SMARTS) is 1. The maximum atomic E-state index is 12.4. The van der Waals surface area contributed by atoms with Crippen molar-refractivity contribution in [1.29, 1.82) is 0 Å². The number of aromatic nitrogens is 1. The first-order valence-electron chi connectivity index (χ1n) is 3.71. The van der Waals surface area contributed by atoms with Crippen LogP contribution in [0.5, 0.6) is 0 Å². The smallest absolute Gasteiger partial charge is 0.337 e. The SMILES string of the molecule is Cc1c(C(=O)O)cnc(N)c1C(F)F. The van der Waals surface area contributed by atoms with E-state index < -0.39 is 18.0 Å². The van der Waals surface area contributed by atoms with Gasteiger partial charge in [-0.3, -0.25) is 0 Å². The predicted octanol–water partition coefficient (Wildman–Crippen LogP) is 1.61. The van der Waals surface area contributed by atoms with E-state index in [9.17, 15) is 13.6 Å². The van der Waals surface area contributed by atoms with E-state index in [-0.39, 0.29) is 16.9 Å². The summed E-state index contributed by atoms with van der Waals surface area (Å²) in [5.74, 6) is -1.63. The first kappa shape index (κ1) is 10.4. The molecule has 0 atom stereocenters. The summed E-state index contributed by atoms with van der Waals surface area (Å²) < 4.78 is 24.8. The summed E-state index contributed by atoms with van der Waals surface area (Å²) >= 11 is 0. The third kappa shape index (κ3) is 1.63. The quantitative estimate of drug-likeness (QED) is 0.763. The molecule has 0 amide bonds. The van der Waals surface area contributed by atoms with Crippen LogP contribution in [0.25, 0.3) is 0 Å². The predicted molar refractivity (Wildman–Crippen MR) is 45.3 cm³/mol. The van der Waals surface area contributed by atoms with Crippen molar-refractivity contribution in [2.45, 2.75) is 13.3 Å². The van der Waals surface area contributed by atoms with Crippen molar-refractivity contribution >= 4 is 11.8 Å². The summed E-state index contributed by atoms with van der Waals surface area (Å²) in [7, 11) is 0. The lowest BCUT2D eigenvalue weighted by Crippen LogP contribution is -2.08. The van der Waals surface area contributed by atoms with Crippen molar-refractivity contribution in [1.82, 2.24) is 4.98 Å². The van der Waals surface area contributed by atoms with Crippen LogP contribution in [0.3, 0.4) is 0 Å². The molecule has 14 heavy (non-hydrogen) atoms. The van der Waals surface area contributed by atoms with E-state index in [1.165, 1.54) is 6.92 Å². The monoisotopic (exact) mass is 202 g/mol. The fourth-order valence-corrected chi connectivity index (χ4v) is 1.13. The molecule has 0 aliphatic rings. The lowest BCUT2D eigenvalue weighted by molar-refractivity contribution is 0.0695. The second-order valence-electron chi connectivity index (χ2n) is 2.70. The molecule has 4 nitrogen and oxygen atoms in total. The van der Waals surface area contributed by atoms with Gasteiger partial charge in [0.05, 0.1) is 11.1 Å². The maximum Gasteiger partial charge on any atom is 0.337 e. The molecule has 0 bridgehead atoms. The number of carboxylic acids is 1. The highest BCUT2D eigenvalue weighted by atomic mass is 19.3. The molecule has 0 unspecified atom stereocenters. The number of halogens is 2. The van der Waals surface area contributed by atoms with Crippen LogP contribution in [0.15, 0.2) is 6.20 Å². The Morgan fingerprint density at radius 1 is 1.64 bits per heavy atom. The Bertz CT molecular complexity index is 380. The highest BCUT2D eigenvalue weighted by Gasteiger charge is 2.20. The first-order chi connectivity index (χ1) is 6.45. The maximum absolute atomic E-state index is 12.4. The van der Waals surface area contributed by atoms with E-state index >= 15 is 0 Å². The zero-order valence-corrected chi connectivity index (χ0v) is 7.29. The Kier molecular flexibility index (Phi) is 2.64. The Hall–Kier alpha value is -1.72. The second kappa shape index (κ2) is 3.57. The van der Waals surface area contributed by atoms with Crippen LogP contribution in [0.1, 0.15) is 27.9 Å². The Labute approximate surface area is 78.4 Å². The van der Waals surface area contributed by atoms with Crippen LogP contribution in [0.2, 0.25) is 0 Å². The highest BCUT2D eigenvalue weighted by Crippen LogP contribution is 2.28. The van der Waals surface area contributed by atoms with Crippen molar-refractivity contribution < 1.29 is 18.7 Å². The molecule has 6 heteroatoms. The fraction of sp³-hybridized carbons (Fsp3) is 0.250. The zero-order chi connectivity index (χ0) is 10.9. The first-order valence-corrected chi connectivity index (χ1v) is 3.71. The van der Waals surface area contributed by atoms with Crippen molar-refractivity contribution in [3.05, 3.63) is 22.9 Å². The summed E-state index contributed by atoms with van der Waals surface area (Å²) in [6.07, 6.45) is -1.85.